The quantitative estimate of drug-likeness (QED) is 0.604. The summed E-state index contributed by atoms with van der Waals surface area (Å²) < 4.78 is 39.7. The minimum atomic E-state index is -3.63. The largest absolute Gasteiger partial charge is 0.493 e. The Labute approximate surface area is 168 Å². The molecule has 2 aromatic heterocycles. The summed E-state index contributed by atoms with van der Waals surface area (Å²) in [6.45, 7) is 3.62. The maximum atomic E-state index is 13.1. The van der Waals surface area contributed by atoms with Gasteiger partial charge < -0.3 is 14.4 Å². The molecule has 154 valence electrons. The predicted octanol–water partition coefficient (Wildman–Crippen LogP) is 0.961. The zero-order chi connectivity index (χ0) is 20.6. The van der Waals surface area contributed by atoms with Crippen LogP contribution in [-0.2, 0) is 10.0 Å². The summed E-state index contributed by atoms with van der Waals surface area (Å²) in [5.74, 6) is 2.34. The highest BCUT2D eigenvalue weighted by Crippen LogP contribution is 2.31. The van der Waals surface area contributed by atoms with Crippen LogP contribution in [0.25, 0.3) is 5.65 Å². The lowest BCUT2D eigenvalue weighted by atomic mass is 10.3. The van der Waals surface area contributed by atoms with Crippen LogP contribution < -0.4 is 14.4 Å². The van der Waals surface area contributed by atoms with Gasteiger partial charge in [0.05, 0.1) is 19.1 Å². The summed E-state index contributed by atoms with van der Waals surface area (Å²) in [4.78, 5) is 2.24. The molecule has 1 aliphatic rings. The predicted molar refractivity (Wildman–Crippen MR) is 106 cm³/mol. The molecule has 4 rings (SSSR count). The fourth-order valence-electron chi connectivity index (χ4n) is 3.34. The highest BCUT2D eigenvalue weighted by molar-refractivity contribution is 7.89. The van der Waals surface area contributed by atoms with Gasteiger partial charge in [-0.3, -0.25) is 0 Å². The Morgan fingerprint density at radius 1 is 0.931 bits per heavy atom. The van der Waals surface area contributed by atoms with Gasteiger partial charge in [0, 0.05) is 32.2 Å². The van der Waals surface area contributed by atoms with Crippen molar-refractivity contribution in [2.24, 2.45) is 0 Å². The molecule has 3 aromatic rings. The number of nitrogens with zero attached hydrogens (tertiary/aromatic N) is 6. The smallest absolute Gasteiger partial charge is 0.243 e. The van der Waals surface area contributed by atoms with E-state index < -0.39 is 10.0 Å². The van der Waals surface area contributed by atoms with Crippen molar-refractivity contribution in [2.75, 3.05) is 45.3 Å². The van der Waals surface area contributed by atoms with Crippen molar-refractivity contribution in [1.82, 2.24) is 24.1 Å². The molecule has 0 aliphatic carbocycles. The zero-order valence-corrected chi connectivity index (χ0v) is 17.3. The molecule has 29 heavy (non-hydrogen) atoms. The Bertz CT molecular complexity index is 1140. The van der Waals surface area contributed by atoms with Crippen molar-refractivity contribution in [3.05, 3.63) is 36.2 Å². The first kappa shape index (κ1) is 19.4. The van der Waals surface area contributed by atoms with Gasteiger partial charge >= 0.3 is 0 Å². The molecule has 1 saturated heterocycles. The molecule has 0 radical (unpaired) electrons. The van der Waals surface area contributed by atoms with E-state index in [1.54, 1.807) is 10.6 Å². The maximum Gasteiger partial charge on any atom is 0.243 e. The number of anilines is 1. The van der Waals surface area contributed by atoms with E-state index in [0.29, 0.717) is 49.1 Å². The third kappa shape index (κ3) is 3.47. The number of benzene rings is 1. The number of rotatable bonds is 5. The van der Waals surface area contributed by atoms with E-state index in [1.165, 1.54) is 30.7 Å². The number of hydrogen-bond donors (Lipinski definition) is 0. The molecule has 0 unspecified atom stereocenters. The fraction of sp³-hybridized carbons (Fsp3) is 0.389. The maximum absolute atomic E-state index is 13.1. The standard InChI is InChI=1S/C18H22N6O4S/c1-13-19-20-17-6-7-18(21-24(13)17)22-8-10-23(11-9-22)29(25,26)14-4-5-15(27-2)16(12-14)28-3/h4-7,12H,8-11H2,1-3H3. The number of fused-ring (bicyclic) bond motifs is 1. The normalized spacial score (nSPS) is 15.6. The summed E-state index contributed by atoms with van der Waals surface area (Å²) in [7, 11) is -0.640. The van der Waals surface area contributed by atoms with E-state index in [1.807, 2.05) is 19.1 Å². The number of sulfonamides is 1. The fourth-order valence-corrected chi connectivity index (χ4v) is 4.78. The first-order valence-electron chi connectivity index (χ1n) is 9.10. The van der Waals surface area contributed by atoms with Crippen LogP contribution in [0.3, 0.4) is 0 Å². The van der Waals surface area contributed by atoms with Crippen LogP contribution in [0.2, 0.25) is 0 Å². The number of piperazine rings is 1. The van der Waals surface area contributed by atoms with Crippen molar-refractivity contribution < 1.29 is 17.9 Å². The molecule has 1 fully saturated rings. The van der Waals surface area contributed by atoms with E-state index in [-0.39, 0.29) is 4.90 Å². The third-order valence-corrected chi connectivity index (χ3v) is 6.85. The lowest BCUT2D eigenvalue weighted by Gasteiger charge is -2.34. The molecule has 10 nitrogen and oxygen atoms in total. The molecule has 0 N–H and O–H groups in total. The van der Waals surface area contributed by atoms with Crippen molar-refractivity contribution in [3.8, 4) is 11.5 Å². The number of ether oxygens (including phenoxy) is 2. The number of aryl methyl sites for hydroxylation is 1. The van der Waals surface area contributed by atoms with Crippen LogP contribution >= 0.6 is 0 Å². The Morgan fingerprint density at radius 2 is 1.66 bits per heavy atom. The highest BCUT2D eigenvalue weighted by atomic mass is 32.2. The lowest BCUT2D eigenvalue weighted by Crippen LogP contribution is -2.49. The van der Waals surface area contributed by atoms with E-state index >= 15 is 0 Å². The van der Waals surface area contributed by atoms with Gasteiger partial charge in [0.25, 0.3) is 0 Å². The summed E-state index contributed by atoms with van der Waals surface area (Å²) in [5.41, 5.74) is 0.681. The Morgan fingerprint density at radius 3 is 2.34 bits per heavy atom. The van der Waals surface area contributed by atoms with E-state index in [9.17, 15) is 8.42 Å². The van der Waals surface area contributed by atoms with Gasteiger partial charge in [-0.1, -0.05) is 0 Å². The lowest BCUT2D eigenvalue weighted by molar-refractivity contribution is 0.353. The zero-order valence-electron chi connectivity index (χ0n) is 16.4. The minimum absolute atomic E-state index is 0.184. The van der Waals surface area contributed by atoms with Crippen LogP contribution in [-0.4, -0.2) is 72.9 Å². The van der Waals surface area contributed by atoms with Crippen LogP contribution in [0, 0.1) is 6.92 Å². The molecule has 3 heterocycles. The van der Waals surface area contributed by atoms with Crippen molar-refractivity contribution in [1.29, 1.82) is 0 Å². The first-order chi connectivity index (χ1) is 13.9. The van der Waals surface area contributed by atoms with Crippen molar-refractivity contribution in [2.45, 2.75) is 11.8 Å². The second-order valence-electron chi connectivity index (χ2n) is 6.62. The number of hydrogen-bond acceptors (Lipinski definition) is 8. The second kappa shape index (κ2) is 7.48. The molecule has 0 amide bonds. The molecule has 1 aliphatic heterocycles. The van der Waals surface area contributed by atoms with Gasteiger partial charge in [-0.2, -0.15) is 8.82 Å². The molecule has 0 spiro atoms. The molecular formula is C18H22N6O4S. The third-order valence-electron chi connectivity index (χ3n) is 4.96. The minimum Gasteiger partial charge on any atom is -0.493 e. The number of methoxy groups -OCH3 is 2. The Hall–Kier alpha value is -2.92. The van der Waals surface area contributed by atoms with Crippen LogP contribution in [0.15, 0.2) is 35.2 Å². The van der Waals surface area contributed by atoms with Crippen molar-refractivity contribution >= 4 is 21.5 Å². The molecule has 1 aromatic carbocycles. The van der Waals surface area contributed by atoms with Crippen molar-refractivity contribution in [3.63, 3.8) is 0 Å². The van der Waals surface area contributed by atoms with Gasteiger partial charge in [0.2, 0.25) is 10.0 Å². The van der Waals surface area contributed by atoms with Crippen LogP contribution in [0.4, 0.5) is 5.82 Å². The molecular weight excluding hydrogens is 396 g/mol. The summed E-state index contributed by atoms with van der Waals surface area (Å²) in [6.07, 6.45) is 0. The monoisotopic (exact) mass is 418 g/mol. The van der Waals surface area contributed by atoms with Crippen LogP contribution in [0.5, 0.6) is 11.5 Å². The Balaban J connectivity index is 1.51. The number of aromatic nitrogens is 4. The molecule has 0 bridgehead atoms. The summed E-state index contributed by atoms with van der Waals surface area (Å²) in [6, 6.07) is 8.36. The highest BCUT2D eigenvalue weighted by Gasteiger charge is 2.30. The first-order valence-corrected chi connectivity index (χ1v) is 10.5. The summed E-state index contributed by atoms with van der Waals surface area (Å²) >= 11 is 0. The van der Waals surface area contributed by atoms with E-state index in [4.69, 9.17) is 9.47 Å². The van der Waals surface area contributed by atoms with Gasteiger partial charge in [0.1, 0.15) is 5.82 Å². The van der Waals surface area contributed by atoms with Gasteiger partial charge in [-0.25, -0.2) is 8.42 Å². The topological polar surface area (TPSA) is 102 Å². The average Bonchev–Trinajstić information content (AvgIpc) is 3.13. The van der Waals surface area contributed by atoms with Crippen LogP contribution in [0.1, 0.15) is 5.82 Å². The molecule has 11 heteroatoms. The summed E-state index contributed by atoms with van der Waals surface area (Å²) in [5, 5.41) is 12.6. The van der Waals surface area contributed by atoms with Gasteiger partial charge in [-0.05, 0) is 31.2 Å². The second-order valence-corrected chi connectivity index (χ2v) is 8.55. The van der Waals surface area contributed by atoms with Gasteiger partial charge in [0.15, 0.2) is 23.0 Å². The van der Waals surface area contributed by atoms with E-state index in [2.05, 4.69) is 20.2 Å². The van der Waals surface area contributed by atoms with E-state index in [0.717, 1.165) is 5.82 Å². The Kier molecular flexibility index (Phi) is 5.01. The molecule has 0 saturated carbocycles. The molecule has 0 atom stereocenters. The SMILES string of the molecule is COc1ccc(S(=O)(=O)N2CCN(c3ccc4nnc(C)n4n3)CC2)cc1OC. The van der Waals surface area contributed by atoms with Gasteiger partial charge in [-0.15, -0.1) is 15.3 Å². The average molecular weight is 418 g/mol.